The van der Waals surface area contributed by atoms with Gasteiger partial charge in [-0.2, -0.15) is 13.2 Å². The molecule has 0 spiro atoms. The zero-order valence-corrected chi connectivity index (χ0v) is 16.9. The summed E-state index contributed by atoms with van der Waals surface area (Å²) in [6.45, 7) is 6.43. The smallest absolute Gasteiger partial charge is 0.310 e. The van der Waals surface area contributed by atoms with E-state index in [0.29, 0.717) is 5.56 Å². The van der Waals surface area contributed by atoms with Crippen molar-refractivity contribution in [3.05, 3.63) is 47.2 Å². The van der Waals surface area contributed by atoms with E-state index >= 15 is 0 Å². The number of rotatable bonds is 5. The Hall–Kier alpha value is -2.63. The molecule has 3 rings (SSSR count). The lowest BCUT2D eigenvalue weighted by Crippen LogP contribution is -2.47. The molecule has 2 aliphatic rings. The Bertz CT molecular complexity index is 877. The highest BCUT2D eigenvalue weighted by molar-refractivity contribution is 5.93. The maximum absolute atomic E-state index is 13.7. The molecule has 1 unspecified atom stereocenters. The van der Waals surface area contributed by atoms with E-state index in [1.807, 2.05) is 4.90 Å². The predicted molar refractivity (Wildman–Crippen MR) is 110 cm³/mol. The SMILES string of the molecule is C#Cc1ccnc(NC(=O)C2C=C(C(F)(F)F)C(CN3CCN(CC)CC3)=CC2)c1. The Morgan fingerprint density at radius 2 is 2.00 bits per heavy atom. The number of halogens is 3. The molecule has 30 heavy (non-hydrogen) atoms. The van der Waals surface area contributed by atoms with Gasteiger partial charge in [0.15, 0.2) is 0 Å². The number of carbonyl (C=O) groups is 1. The Kier molecular flexibility index (Phi) is 6.95. The maximum atomic E-state index is 13.7. The summed E-state index contributed by atoms with van der Waals surface area (Å²) in [5.41, 5.74) is 0.0435. The van der Waals surface area contributed by atoms with Crippen molar-refractivity contribution in [2.75, 3.05) is 44.6 Å². The molecule has 8 heteroatoms. The van der Waals surface area contributed by atoms with Gasteiger partial charge < -0.3 is 10.2 Å². The Morgan fingerprint density at radius 1 is 1.30 bits per heavy atom. The van der Waals surface area contributed by atoms with Crippen molar-refractivity contribution in [3.8, 4) is 12.3 Å². The van der Waals surface area contributed by atoms with Crippen LogP contribution in [0.4, 0.5) is 19.0 Å². The van der Waals surface area contributed by atoms with Crippen LogP contribution in [0.2, 0.25) is 0 Å². The van der Waals surface area contributed by atoms with Gasteiger partial charge in [0.25, 0.3) is 0 Å². The number of amides is 1. The Labute approximate surface area is 174 Å². The van der Waals surface area contributed by atoms with E-state index < -0.39 is 23.6 Å². The van der Waals surface area contributed by atoms with Gasteiger partial charge in [0.1, 0.15) is 5.82 Å². The number of alkyl halides is 3. The Morgan fingerprint density at radius 3 is 2.63 bits per heavy atom. The molecule has 1 atom stereocenters. The van der Waals surface area contributed by atoms with E-state index in [4.69, 9.17) is 6.42 Å². The lowest BCUT2D eigenvalue weighted by molar-refractivity contribution is -0.118. The number of allylic oxidation sites excluding steroid dienone is 1. The van der Waals surface area contributed by atoms with Crippen LogP contribution in [0.1, 0.15) is 18.9 Å². The van der Waals surface area contributed by atoms with Crippen molar-refractivity contribution < 1.29 is 18.0 Å². The van der Waals surface area contributed by atoms with Crippen molar-refractivity contribution in [3.63, 3.8) is 0 Å². The second kappa shape index (κ2) is 9.45. The second-order valence-corrected chi connectivity index (χ2v) is 7.42. The molecule has 1 saturated heterocycles. The standard InChI is InChI=1S/C22H25F3N4O/c1-3-16-7-8-26-20(13-16)27-21(30)17-5-6-18(19(14-17)22(23,24)25)15-29-11-9-28(4-2)10-12-29/h1,6-8,13-14,17H,4-5,9-12,15H2,2H3,(H,26,27,30). The lowest BCUT2D eigenvalue weighted by Gasteiger charge is -2.35. The molecule has 0 saturated carbocycles. The highest BCUT2D eigenvalue weighted by atomic mass is 19.4. The summed E-state index contributed by atoms with van der Waals surface area (Å²) < 4.78 is 41.2. The number of pyridine rings is 1. The summed E-state index contributed by atoms with van der Waals surface area (Å²) in [5, 5.41) is 2.56. The van der Waals surface area contributed by atoms with Crippen LogP contribution in [0.5, 0.6) is 0 Å². The molecule has 1 aromatic heterocycles. The number of terminal acetylenes is 1. The van der Waals surface area contributed by atoms with Crippen LogP contribution < -0.4 is 5.32 Å². The summed E-state index contributed by atoms with van der Waals surface area (Å²) in [4.78, 5) is 20.9. The van der Waals surface area contributed by atoms with E-state index in [2.05, 4.69) is 28.0 Å². The van der Waals surface area contributed by atoms with E-state index in [9.17, 15) is 18.0 Å². The average molecular weight is 418 g/mol. The van der Waals surface area contributed by atoms with Gasteiger partial charge in [0.2, 0.25) is 5.91 Å². The van der Waals surface area contributed by atoms with Gasteiger partial charge in [-0.3, -0.25) is 9.69 Å². The van der Waals surface area contributed by atoms with Crippen LogP contribution in [0.15, 0.2) is 41.6 Å². The highest BCUT2D eigenvalue weighted by Crippen LogP contribution is 2.36. The van der Waals surface area contributed by atoms with Crippen molar-refractivity contribution in [1.82, 2.24) is 14.8 Å². The molecule has 1 aliphatic heterocycles. The van der Waals surface area contributed by atoms with Crippen LogP contribution in [-0.2, 0) is 4.79 Å². The van der Waals surface area contributed by atoms with E-state index in [1.165, 1.54) is 12.3 Å². The summed E-state index contributed by atoms with van der Waals surface area (Å²) in [6.07, 6.45) is 5.05. The summed E-state index contributed by atoms with van der Waals surface area (Å²) in [6, 6.07) is 3.11. The van der Waals surface area contributed by atoms with Crippen LogP contribution in [0.25, 0.3) is 0 Å². The monoisotopic (exact) mass is 418 g/mol. The molecule has 5 nitrogen and oxygen atoms in total. The van der Waals surface area contributed by atoms with Gasteiger partial charge in [-0.25, -0.2) is 4.98 Å². The number of nitrogens with one attached hydrogen (secondary N) is 1. The van der Waals surface area contributed by atoms with Gasteiger partial charge in [0.05, 0.1) is 11.5 Å². The molecule has 1 aromatic rings. The van der Waals surface area contributed by atoms with Crippen LogP contribution in [0, 0.1) is 18.3 Å². The number of hydrogen-bond acceptors (Lipinski definition) is 4. The normalized spacial score (nSPS) is 20.8. The first-order chi connectivity index (χ1) is 14.3. The molecular weight excluding hydrogens is 393 g/mol. The number of anilines is 1. The van der Waals surface area contributed by atoms with Crippen LogP contribution >= 0.6 is 0 Å². The van der Waals surface area contributed by atoms with Crippen molar-refractivity contribution >= 4 is 11.7 Å². The molecule has 1 amide bonds. The number of piperazine rings is 1. The molecule has 2 heterocycles. The fourth-order valence-corrected chi connectivity index (χ4v) is 3.68. The van der Waals surface area contributed by atoms with Gasteiger partial charge in [-0.1, -0.05) is 25.0 Å². The topological polar surface area (TPSA) is 48.5 Å². The van der Waals surface area contributed by atoms with Gasteiger partial charge >= 0.3 is 6.18 Å². The minimum Gasteiger partial charge on any atom is -0.310 e. The Balaban J connectivity index is 1.70. The minimum absolute atomic E-state index is 0.213. The van der Waals surface area contributed by atoms with Crippen molar-refractivity contribution in [2.24, 2.45) is 5.92 Å². The molecule has 0 bridgehead atoms. The first kappa shape index (κ1) is 22.1. The van der Waals surface area contributed by atoms with E-state index in [0.717, 1.165) is 38.8 Å². The number of carbonyl (C=O) groups excluding carboxylic acids is 1. The van der Waals surface area contributed by atoms with E-state index in [-0.39, 0.29) is 24.4 Å². The van der Waals surface area contributed by atoms with E-state index in [1.54, 1.807) is 12.1 Å². The second-order valence-electron chi connectivity index (χ2n) is 7.42. The first-order valence-electron chi connectivity index (χ1n) is 9.96. The molecule has 1 fully saturated rings. The summed E-state index contributed by atoms with van der Waals surface area (Å²) in [5.74, 6) is 1.20. The largest absolute Gasteiger partial charge is 0.416 e. The summed E-state index contributed by atoms with van der Waals surface area (Å²) >= 11 is 0. The fraction of sp³-hybridized carbons (Fsp3) is 0.455. The maximum Gasteiger partial charge on any atom is 0.416 e. The lowest BCUT2D eigenvalue weighted by atomic mass is 9.89. The molecule has 0 radical (unpaired) electrons. The summed E-state index contributed by atoms with van der Waals surface area (Å²) in [7, 11) is 0. The molecule has 1 aliphatic carbocycles. The van der Waals surface area contributed by atoms with Crippen LogP contribution in [0.3, 0.4) is 0 Å². The minimum atomic E-state index is -4.52. The molecular formula is C22H25F3N4O. The predicted octanol–water partition coefficient (Wildman–Crippen LogP) is 3.07. The number of likely N-dealkylation sites (N-methyl/N-ethyl adjacent to an activating group) is 1. The zero-order chi connectivity index (χ0) is 21.7. The molecule has 0 aromatic carbocycles. The molecule has 160 valence electrons. The zero-order valence-electron chi connectivity index (χ0n) is 16.9. The molecule has 1 N–H and O–H groups in total. The van der Waals surface area contributed by atoms with Crippen molar-refractivity contribution in [2.45, 2.75) is 19.5 Å². The number of hydrogen-bond donors (Lipinski definition) is 1. The third-order valence-corrected chi connectivity index (χ3v) is 5.46. The number of nitrogens with zero attached hydrogens (tertiary/aromatic N) is 3. The third-order valence-electron chi connectivity index (χ3n) is 5.46. The first-order valence-corrected chi connectivity index (χ1v) is 9.96. The highest BCUT2D eigenvalue weighted by Gasteiger charge is 2.39. The third kappa shape index (κ3) is 5.49. The van der Waals surface area contributed by atoms with Crippen LogP contribution in [-0.4, -0.2) is 66.1 Å². The fourth-order valence-electron chi connectivity index (χ4n) is 3.68. The number of aromatic nitrogens is 1. The van der Waals surface area contributed by atoms with Crippen molar-refractivity contribution in [1.29, 1.82) is 0 Å². The van der Waals surface area contributed by atoms with Gasteiger partial charge in [-0.15, -0.1) is 6.42 Å². The average Bonchev–Trinajstić information content (AvgIpc) is 2.74. The quantitative estimate of drug-likeness (QED) is 0.747. The van der Waals surface area contributed by atoms with Gasteiger partial charge in [0, 0.05) is 44.5 Å². The van der Waals surface area contributed by atoms with Gasteiger partial charge in [-0.05, 0) is 30.7 Å².